The van der Waals surface area contributed by atoms with Gasteiger partial charge in [0, 0.05) is 17.5 Å². The van der Waals surface area contributed by atoms with Gasteiger partial charge in [0.2, 0.25) is 0 Å². The molecule has 0 radical (unpaired) electrons. The Kier molecular flexibility index (Phi) is 4.52. The molecule has 0 unspecified atom stereocenters. The Morgan fingerprint density at radius 3 is 3.00 bits per heavy atom. The Morgan fingerprint density at radius 2 is 2.21 bits per heavy atom. The highest BCUT2D eigenvalue weighted by molar-refractivity contribution is 5.97. The molecule has 1 aromatic heterocycles. The molecule has 0 fully saturated rings. The van der Waals surface area contributed by atoms with Gasteiger partial charge in [-0.05, 0) is 45.6 Å². The second-order valence-electron chi connectivity index (χ2n) is 4.94. The summed E-state index contributed by atoms with van der Waals surface area (Å²) in [6.45, 7) is 1.77. The third-order valence-electron chi connectivity index (χ3n) is 3.02. The van der Waals surface area contributed by atoms with E-state index in [0.29, 0.717) is 12.1 Å². The number of hydrogen-bond donors (Lipinski definition) is 2. The van der Waals surface area contributed by atoms with Crippen molar-refractivity contribution in [3.05, 3.63) is 30.0 Å². The molecular weight excluding hydrogens is 240 g/mol. The molecule has 2 N–H and O–H groups in total. The zero-order valence-electron chi connectivity index (χ0n) is 11.4. The monoisotopic (exact) mass is 260 g/mol. The number of aromatic amines is 1. The fraction of sp³-hybridized carbons (Fsp3) is 0.429. The number of nitrogens with one attached hydrogen (secondary N) is 2. The zero-order chi connectivity index (χ0) is 13.7. The number of hydrogen-bond acceptors (Lipinski definition) is 3. The molecule has 1 aromatic carbocycles. The average molecular weight is 260 g/mol. The van der Waals surface area contributed by atoms with Crippen LogP contribution in [0.4, 0.5) is 0 Å². The lowest BCUT2D eigenvalue weighted by atomic mass is 10.1. The van der Waals surface area contributed by atoms with Crippen LogP contribution < -0.4 is 5.32 Å². The minimum Gasteiger partial charge on any atom is -0.352 e. The van der Waals surface area contributed by atoms with Crippen molar-refractivity contribution >= 4 is 16.8 Å². The molecule has 0 spiro atoms. The molecule has 2 aromatic rings. The van der Waals surface area contributed by atoms with Crippen LogP contribution in [-0.2, 0) is 0 Å². The Hall–Kier alpha value is -1.88. The van der Waals surface area contributed by atoms with Crippen LogP contribution in [0.2, 0.25) is 0 Å². The quantitative estimate of drug-likeness (QED) is 0.776. The number of fused-ring (bicyclic) bond motifs is 1. The lowest BCUT2D eigenvalue weighted by Gasteiger charge is -2.09. The van der Waals surface area contributed by atoms with Gasteiger partial charge < -0.3 is 10.2 Å². The number of H-pyrrole nitrogens is 1. The van der Waals surface area contributed by atoms with E-state index in [1.54, 1.807) is 6.20 Å². The van der Waals surface area contributed by atoms with E-state index in [0.717, 1.165) is 30.3 Å². The highest BCUT2D eigenvalue weighted by atomic mass is 16.1. The van der Waals surface area contributed by atoms with Crippen molar-refractivity contribution < 1.29 is 4.79 Å². The lowest BCUT2D eigenvalue weighted by Crippen LogP contribution is -2.25. The second kappa shape index (κ2) is 6.33. The Morgan fingerprint density at radius 1 is 1.37 bits per heavy atom. The van der Waals surface area contributed by atoms with Crippen molar-refractivity contribution in [2.45, 2.75) is 12.8 Å². The predicted molar refractivity (Wildman–Crippen MR) is 76.2 cm³/mol. The van der Waals surface area contributed by atoms with Crippen LogP contribution in [0, 0.1) is 0 Å². The number of carbonyl (C=O) groups is 1. The average Bonchev–Trinajstić information content (AvgIpc) is 2.84. The van der Waals surface area contributed by atoms with Gasteiger partial charge in [-0.1, -0.05) is 6.07 Å². The highest BCUT2D eigenvalue weighted by Crippen LogP contribution is 2.12. The van der Waals surface area contributed by atoms with Crippen LogP contribution in [0.25, 0.3) is 10.9 Å². The molecule has 102 valence electrons. The normalized spacial score (nSPS) is 11.1. The first-order valence-corrected chi connectivity index (χ1v) is 6.53. The molecular formula is C14H20N4O. The van der Waals surface area contributed by atoms with E-state index in [1.807, 2.05) is 18.2 Å². The largest absolute Gasteiger partial charge is 0.352 e. The fourth-order valence-electron chi connectivity index (χ4n) is 1.94. The second-order valence-corrected chi connectivity index (χ2v) is 4.94. The Labute approximate surface area is 113 Å². The van der Waals surface area contributed by atoms with E-state index in [1.165, 1.54) is 0 Å². The minimum absolute atomic E-state index is 0.0265. The van der Waals surface area contributed by atoms with E-state index in [-0.39, 0.29) is 5.91 Å². The molecule has 5 heteroatoms. The van der Waals surface area contributed by atoms with Gasteiger partial charge in [0.05, 0.1) is 11.7 Å². The van der Waals surface area contributed by atoms with E-state index in [4.69, 9.17) is 0 Å². The number of aromatic nitrogens is 2. The topological polar surface area (TPSA) is 61.0 Å². The van der Waals surface area contributed by atoms with Gasteiger partial charge in [-0.3, -0.25) is 9.89 Å². The van der Waals surface area contributed by atoms with Crippen LogP contribution in [0.5, 0.6) is 0 Å². The number of amides is 1. The van der Waals surface area contributed by atoms with E-state index < -0.39 is 0 Å². The molecule has 0 saturated carbocycles. The molecule has 2 rings (SSSR count). The van der Waals surface area contributed by atoms with Crippen LogP contribution in [0.1, 0.15) is 23.2 Å². The molecule has 0 atom stereocenters. The van der Waals surface area contributed by atoms with Gasteiger partial charge in [-0.25, -0.2) is 0 Å². The molecule has 0 saturated heterocycles. The summed E-state index contributed by atoms with van der Waals surface area (Å²) < 4.78 is 0. The first kappa shape index (κ1) is 13.5. The summed E-state index contributed by atoms with van der Waals surface area (Å²) >= 11 is 0. The summed E-state index contributed by atoms with van der Waals surface area (Å²) in [4.78, 5) is 14.1. The predicted octanol–water partition coefficient (Wildman–Crippen LogP) is 1.63. The van der Waals surface area contributed by atoms with Crippen molar-refractivity contribution in [2.75, 3.05) is 27.2 Å². The molecule has 19 heavy (non-hydrogen) atoms. The first-order valence-electron chi connectivity index (χ1n) is 6.53. The van der Waals surface area contributed by atoms with Gasteiger partial charge in [-0.2, -0.15) is 5.10 Å². The number of rotatable bonds is 6. The SMILES string of the molecule is CN(C)CCCCNC(=O)c1ccc2cn[nH]c2c1. The number of unbranched alkanes of at least 4 members (excludes halogenated alkanes) is 1. The first-order chi connectivity index (χ1) is 9.16. The number of nitrogens with zero attached hydrogens (tertiary/aromatic N) is 2. The summed E-state index contributed by atoms with van der Waals surface area (Å²) in [6.07, 6.45) is 3.83. The van der Waals surface area contributed by atoms with Gasteiger partial charge >= 0.3 is 0 Å². The van der Waals surface area contributed by atoms with Gasteiger partial charge in [0.1, 0.15) is 0 Å². The molecule has 1 heterocycles. The highest BCUT2D eigenvalue weighted by Gasteiger charge is 2.06. The molecule has 1 amide bonds. The van der Waals surface area contributed by atoms with E-state index >= 15 is 0 Å². The molecule has 0 aliphatic heterocycles. The summed E-state index contributed by atoms with van der Waals surface area (Å²) in [5.41, 5.74) is 1.56. The number of benzene rings is 1. The smallest absolute Gasteiger partial charge is 0.251 e. The molecule has 0 aliphatic carbocycles. The van der Waals surface area contributed by atoms with Crippen LogP contribution in [0.15, 0.2) is 24.4 Å². The zero-order valence-corrected chi connectivity index (χ0v) is 11.4. The third kappa shape index (κ3) is 3.79. The fourth-order valence-corrected chi connectivity index (χ4v) is 1.94. The molecule has 0 bridgehead atoms. The summed E-state index contributed by atoms with van der Waals surface area (Å²) in [5.74, 6) is -0.0265. The van der Waals surface area contributed by atoms with E-state index in [2.05, 4.69) is 34.5 Å². The maximum absolute atomic E-state index is 12.0. The molecule has 5 nitrogen and oxygen atoms in total. The summed E-state index contributed by atoms with van der Waals surface area (Å²) in [5, 5.41) is 10.8. The standard InChI is InChI=1S/C14H20N4O/c1-18(2)8-4-3-7-15-14(19)11-5-6-12-10-16-17-13(12)9-11/h5-6,9-10H,3-4,7-8H2,1-2H3,(H,15,19)(H,16,17). The van der Waals surface area contributed by atoms with Gasteiger partial charge in [0.25, 0.3) is 5.91 Å². The number of carbonyl (C=O) groups excluding carboxylic acids is 1. The maximum atomic E-state index is 12.0. The van der Waals surface area contributed by atoms with Crippen molar-refractivity contribution in [1.82, 2.24) is 20.4 Å². The van der Waals surface area contributed by atoms with Crippen LogP contribution in [0.3, 0.4) is 0 Å². The van der Waals surface area contributed by atoms with Crippen molar-refractivity contribution in [1.29, 1.82) is 0 Å². The van der Waals surface area contributed by atoms with Crippen molar-refractivity contribution in [3.63, 3.8) is 0 Å². The Balaban J connectivity index is 1.82. The van der Waals surface area contributed by atoms with Crippen LogP contribution in [-0.4, -0.2) is 48.2 Å². The van der Waals surface area contributed by atoms with E-state index in [9.17, 15) is 4.79 Å². The maximum Gasteiger partial charge on any atom is 0.251 e. The summed E-state index contributed by atoms with van der Waals surface area (Å²) in [7, 11) is 4.11. The van der Waals surface area contributed by atoms with Crippen molar-refractivity contribution in [3.8, 4) is 0 Å². The third-order valence-corrected chi connectivity index (χ3v) is 3.02. The Bertz CT molecular complexity index is 547. The lowest BCUT2D eigenvalue weighted by molar-refractivity contribution is 0.0953. The van der Waals surface area contributed by atoms with Gasteiger partial charge in [0.15, 0.2) is 0 Å². The molecule has 0 aliphatic rings. The van der Waals surface area contributed by atoms with Crippen LogP contribution >= 0.6 is 0 Å². The van der Waals surface area contributed by atoms with Gasteiger partial charge in [-0.15, -0.1) is 0 Å². The minimum atomic E-state index is -0.0265. The van der Waals surface area contributed by atoms with Crippen molar-refractivity contribution in [2.24, 2.45) is 0 Å². The summed E-state index contributed by atoms with van der Waals surface area (Å²) in [6, 6.07) is 5.56.